The minimum absolute atomic E-state index is 0.235. The van der Waals surface area contributed by atoms with Gasteiger partial charge in [-0.05, 0) is 61.4 Å². The number of β-amino-alcohol motifs (C(OH)–C–C–N with tert-alkyl or cyclic N) is 1. The molecule has 2 aromatic carbocycles. The Balaban J connectivity index is 0.000000928. The van der Waals surface area contributed by atoms with Crippen LogP contribution in [0.25, 0.3) is 0 Å². The molecule has 0 amide bonds. The van der Waals surface area contributed by atoms with Crippen molar-refractivity contribution in [3.05, 3.63) is 47.5 Å². The summed E-state index contributed by atoms with van der Waals surface area (Å²) in [6, 6.07) is 13.0. The van der Waals surface area contributed by atoms with Crippen LogP contribution in [0, 0.1) is 24.7 Å². The largest absolute Gasteiger partial charge is 0.495 e. The molecular formula is C32H46F3N3O3S. The molecule has 0 bridgehead atoms. The van der Waals surface area contributed by atoms with Crippen molar-refractivity contribution >= 4 is 23.1 Å². The third-order valence-corrected chi connectivity index (χ3v) is 7.63. The quantitative estimate of drug-likeness (QED) is 0.188. The smallest absolute Gasteiger partial charge is 0.388 e. The Morgan fingerprint density at radius 1 is 1.19 bits per heavy atom. The Labute approximate surface area is 253 Å². The number of aliphatic hydroxyl groups is 1. The number of hydrogen-bond acceptors (Lipinski definition) is 7. The number of nitrogens with one attached hydrogen (secondary N) is 2. The molecule has 1 fully saturated rings. The number of ether oxygens (including phenoxy) is 2. The number of aliphatic hydroxyl groups excluding tert-OH is 1. The molecule has 1 aliphatic heterocycles. The average molecular weight is 610 g/mol. The van der Waals surface area contributed by atoms with Gasteiger partial charge in [0.25, 0.3) is 0 Å². The first-order valence-corrected chi connectivity index (χ1v) is 15.5. The second kappa shape index (κ2) is 18.2. The van der Waals surface area contributed by atoms with Crippen LogP contribution in [0.2, 0.25) is 0 Å². The predicted octanol–water partition coefficient (Wildman–Crippen LogP) is 6.47. The number of methoxy groups -OCH3 is 2. The monoisotopic (exact) mass is 609 g/mol. The number of hydrogen-bond donors (Lipinski definition) is 3. The molecule has 3 rings (SSSR count). The molecule has 1 saturated heterocycles. The van der Waals surface area contributed by atoms with Gasteiger partial charge in [-0.2, -0.15) is 13.2 Å². The SMILES string of the molecule is CCC(F)(F)F.COCC(O)CN1CCC(Nc2cccc(C)c2CC(C)C#CCNc2ccc(SC)cc2OC)C1. The molecule has 0 spiro atoms. The number of aryl methyl sites for hydroxylation is 1. The molecule has 234 valence electrons. The van der Waals surface area contributed by atoms with Gasteiger partial charge >= 0.3 is 6.18 Å². The van der Waals surface area contributed by atoms with Crippen LogP contribution in [0.1, 0.15) is 37.8 Å². The van der Waals surface area contributed by atoms with Crippen LogP contribution in [0.3, 0.4) is 0 Å². The molecule has 10 heteroatoms. The maximum Gasteiger partial charge on any atom is 0.388 e. The van der Waals surface area contributed by atoms with Crippen LogP contribution in [0.15, 0.2) is 41.3 Å². The van der Waals surface area contributed by atoms with Crippen molar-refractivity contribution in [1.82, 2.24) is 4.90 Å². The van der Waals surface area contributed by atoms with Crippen LogP contribution in [-0.2, 0) is 11.2 Å². The summed E-state index contributed by atoms with van der Waals surface area (Å²) in [6.07, 6.45) is -1.10. The number of thioether (sulfide) groups is 1. The Bertz CT molecular complexity index is 1150. The molecule has 0 radical (unpaired) electrons. The van der Waals surface area contributed by atoms with Crippen molar-refractivity contribution in [3.8, 4) is 17.6 Å². The summed E-state index contributed by atoms with van der Waals surface area (Å²) in [7, 11) is 3.32. The number of rotatable bonds is 12. The highest BCUT2D eigenvalue weighted by Gasteiger charge is 2.25. The Hall–Kier alpha value is -2.58. The van der Waals surface area contributed by atoms with E-state index in [1.165, 1.54) is 21.7 Å². The summed E-state index contributed by atoms with van der Waals surface area (Å²) in [5.41, 5.74) is 4.78. The van der Waals surface area contributed by atoms with Gasteiger partial charge in [0.1, 0.15) is 5.75 Å². The second-order valence-electron chi connectivity index (χ2n) is 10.4. The fourth-order valence-electron chi connectivity index (χ4n) is 4.65. The highest BCUT2D eigenvalue weighted by atomic mass is 32.2. The van der Waals surface area contributed by atoms with E-state index in [0.29, 0.717) is 25.7 Å². The lowest BCUT2D eigenvalue weighted by Gasteiger charge is -2.22. The van der Waals surface area contributed by atoms with E-state index in [1.807, 2.05) is 12.1 Å². The van der Waals surface area contributed by atoms with Crippen LogP contribution >= 0.6 is 11.8 Å². The molecule has 42 heavy (non-hydrogen) atoms. The summed E-state index contributed by atoms with van der Waals surface area (Å²) >= 11 is 1.70. The van der Waals surface area contributed by atoms with E-state index in [1.54, 1.807) is 26.0 Å². The minimum atomic E-state index is -3.96. The van der Waals surface area contributed by atoms with Gasteiger partial charge in [-0.1, -0.05) is 37.8 Å². The number of anilines is 2. The molecule has 6 nitrogen and oxygen atoms in total. The number of likely N-dealkylation sites (tertiary alicyclic amines) is 1. The molecule has 1 aliphatic rings. The third kappa shape index (κ3) is 12.7. The van der Waals surface area contributed by atoms with E-state index < -0.39 is 18.7 Å². The van der Waals surface area contributed by atoms with Gasteiger partial charge in [0.2, 0.25) is 0 Å². The third-order valence-electron chi connectivity index (χ3n) is 6.91. The number of benzene rings is 2. The van der Waals surface area contributed by atoms with Crippen molar-refractivity contribution in [2.45, 2.75) is 63.3 Å². The molecule has 3 N–H and O–H groups in total. The van der Waals surface area contributed by atoms with Gasteiger partial charge in [-0.3, -0.25) is 4.90 Å². The lowest BCUT2D eigenvalue weighted by atomic mass is 9.95. The van der Waals surface area contributed by atoms with Crippen LogP contribution in [-0.4, -0.2) is 81.6 Å². The summed E-state index contributed by atoms with van der Waals surface area (Å²) < 4.78 is 42.9. The Morgan fingerprint density at radius 2 is 1.93 bits per heavy atom. The summed E-state index contributed by atoms with van der Waals surface area (Å²) in [5.74, 6) is 7.79. The van der Waals surface area contributed by atoms with Gasteiger partial charge < -0.3 is 25.2 Å². The summed E-state index contributed by atoms with van der Waals surface area (Å²) in [6.45, 7) is 8.96. The zero-order chi connectivity index (χ0) is 31.1. The molecule has 3 unspecified atom stereocenters. The molecule has 2 aromatic rings. The van der Waals surface area contributed by atoms with E-state index in [2.05, 4.69) is 71.7 Å². The van der Waals surface area contributed by atoms with E-state index in [4.69, 9.17) is 9.47 Å². The molecule has 1 heterocycles. The predicted molar refractivity (Wildman–Crippen MR) is 168 cm³/mol. The van der Waals surface area contributed by atoms with Gasteiger partial charge in [0, 0.05) is 55.7 Å². The van der Waals surface area contributed by atoms with Gasteiger partial charge in [0.05, 0.1) is 32.1 Å². The normalized spacial score (nSPS) is 16.5. The number of halogens is 3. The number of nitrogens with zero attached hydrogens (tertiary/aromatic N) is 1. The highest BCUT2D eigenvalue weighted by Crippen LogP contribution is 2.29. The van der Waals surface area contributed by atoms with Crippen molar-refractivity contribution in [3.63, 3.8) is 0 Å². The summed E-state index contributed by atoms with van der Waals surface area (Å²) in [4.78, 5) is 3.48. The van der Waals surface area contributed by atoms with Crippen molar-refractivity contribution in [2.24, 2.45) is 5.92 Å². The molecule has 3 atom stereocenters. The maximum atomic E-state index is 10.8. The first-order valence-electron chi connectivity index (χ1n) is 14.2. The van der Waals surface area contributed by atoms with E-state index in [0.717, 1.165) is 44.3 Å². The zero-order valence-electron chi connectivity index (χ0n) is 25.6. The Kier molecular flexibility index (Phi) is 15.4. The lowest BCUT2D eigenvalue weighted by molar-refractivity contribution is -0.130. The summed E-state index contributed by atoms with van der Waals surface area (Å²) in [5, 5.41) is 17.2. The average Bonchev–Trinajstić information content (AvgIpc) is 3.39. The fourth-order valence-corrected chi connectivity index (χ4v) is 5.08. The first-order chi connectivity index (χ1) is 20.0. The molecule has 0 aliphatic carbocycles. The van der Waals surface area contributed by atoms with Gasteiger partial charge in [-0.15, -0.1) is 11.8 Å². The molecular weight excluding hydrogens is 563 g/mol. The van der Waals surface area contributed by atoms with Crippen LogP contribution in [0.5, 0.6) is 5.75 Å². The van der Waals surface area contributed by atoms with Crippen LogP contribution < -0.4 is 15.4 Å². The fraction of sp³-hybridized carbons (Fsp3) is 0.562. The van der Waals surface area contributed by atoms with Gasteiger partial charge in [0.15, 0.2) is 0 Å². The highest BCUT2D eigenvalue weighted by molar-refractivity contribution is 7.98. The Morgan fingerprint density at radius 3 is 2.57 bits per heavy atom. The van der Waals surface area contributed by atoms with Crippen molar-refractivity contribution in [2.75, 3.05) is 63.9 Å². The molecule has 0 aromatic heterocycles. The zero-order valence-corrected chi connectivity index (χ0v) is 26.4. The van der Waals surface area contributed by atoms with Crippen LogP contribution in [0.4, 0.5) is 24.5 Å². The topological polar surface area (TPSA) is 66.0 Å². The standard InChI is InChI=1S/C29H41N3O3S.C3H5F3/c1-21(8-7-14-30-28-12-11-25(36-5)17-29(28)35-4)16-26-22(2)9-6-10-27(26)31-23-13-15-32(18-23)19-24(33)20-34-3;1-2-3(4,5)6/h6,9-12,17,21,23-24,30-31,33H,13-16,18-20H2,1-5H3;2H2,1H3. The maximum absolute atomic E-state index is 10.8. The van der Waals surface area contributed by atoms with Crippen molar-refractivity contribution in [1.29, 1.82) is 0 Å². The first kappa shape index (κ1) is 35.6. The van der Waals surface area contributed by atoms with E-state index in [9.17, 15) is 18.3 Å². The van der Waals surface area contributed by atoms with Gasteiger partial charge in [-0.25, -0.2) is 0 Å². The second-order valence-corrected chi connectivity index (χ2v) is 11.3. The van der Waals surface area contributed by atoms with E-state index >= 15 is 0 Å². The van der Waals surface area contributed by atoms with E-state index in [-0.39, 0.29) is 5.92 Å². The molecule has 0 saturated carbocycles. The lowest BCUT2D eigenvalue weighted by Crippen LogP contribution is -2.34. The number of alkyl halides is 3. The van der Waals surface area contributed by atoms with Crippen molar-refractivity contribution < 1.29 is 27.8 Å². The minimum Gasteiger partial charge on any atom is -0.495 e.